The Morgan fingerprint density at radius 1 is 1.67 bits per heavy atom. The molecule has 2 rings (SSSR count). The molecule has 12 heavy (non-hydrogen) atoms. The van der Waals surface area contributed by atoms with Crippen LogP contribution in [0.5, 0.6) is 0 Å². The van der Waals surface area contributed by atoms with Crippen LogP contribution in [0.15, 0.2) is 6.07 Å². The first-order valence-electron chi connectivity index (χ1n) is 4.46. The van der Waals surface area contributed by atoms with Gasteiger partial charge in [0.15, 0.2) is 0 Å². The minimum absolute atomic E-state index is 0.561. The first-order valence-corrected chi connectivity index (χ1v) is 4.87. The maximum atomic E-state index is 5.23. The van der Waals surface area contributed by atoms with Crippen molar-refractivity contribution >= 4 is 12.2 Å². The quantitative estimate of drug-likeness (QED) is 0.697. The molecular formula is C9H14N2S. The van der Waals surface area contributed by atoms with E-state index in [1.54, 1.807) is 0 Å². The predicted molar refractivity (Wildman–Crippen MR) is 51.8 cm³/mol. The van der Waals surface area contributed by atoms with Gasteiger partial charge in [-0.25, -0.2) is 0 Å². The highest BCUT2D eigenvalue weighted by molar-refractivity contribution is 7.71. The SMILES string of the molecule is Cc1cc(=S)n(C(C)C2CC2)[nH]1. The van der Waals surface area contributed by atoms with Gasteiger partial charge in [-0.15, -0.1) is 0 Å². The summed E-state index contributed by atoms with van der Waals surface area (Å²) in [7, 11) is 0. The van der Waals surface area contributed by atoms with Crippen molar-refractivity contribution in [3.05, 3.63) is 16.4 Å². The van der Waals surface area contributed by atoms with E-state index in [4.69, 9.17) is 12.2 Å². The van der Waals surface area contributed by atoms with E-state index in [1.165, 1.54) is 12.8 Å². The van der Waals surface area contributed by atoms with Crippen LogP contribution in [-0.2, 0) is 0 Å². The fourth-order valence-electron chi connectivity index (χ4n) is 1.62. The molecule has 1 heterocycles. The average molecular weight is 182 g/mol. The standard InChI is InChI=1S/C9H14N2S/c1-6-5-9(12)11(10-6)7(2)8-3-4-8/h5,7-8,10H,3-4H2,1-2H3. The summed E-state index contributed by atoms with van der Waals surface area (Å²) in [5.74, 6) is 0.856. The Morgan fingerprint density at radius 2 is 2.33 bits per heavy atom. The van der Waals surface area contributed by atoms with Gasteiger partial charge in [0.25, 0.3) is 0 Å². The summed E-state index contributed by atoms with van der Waals surface area (Å²) in [5, 5.41) is 3.28. The van der Waals surface area contributed by atoms with E-state index in [9.17, 15) is 0 Å². The van der Waals surface area contributed by atoms with E-state index in [0.717, 1.165) is 16.3 Å². The number of hydrogen-bond donors (Lipinski definition) is 1. The molecule has 1 atom stereocenters. The van der Waals surface area contributed by atoms with Crippen LogP contribution in [0.25, 0.3) is 0 Å². The monoisotopic (exact) mass is 182 g/mol. The Kier molecular flexibility index (Phi) is 1.83. The molecule has 1 fully saturated rings. The summed E-state index contributed by atoms with van der Waals surface area (Å²) in [6.07, 6.45) is 2.72. The number of H-pyrrole nitrogens is 1. The Bertz CT molecular complexity index is 333. The highest BCUT2D eigenvalue weighted by Gasteiger charge is 2.29. The zero-order valence-corrected chi connectivity index (χ0v) is 8.32. The molecular weight excluding hydrogens is 168 g/mol. The van der Waals surface area contributed by atoms with Crippen LogP contribution in [0.4, 0.5) is 0 Å². The predicted octanol–water partition coefficient (Wildman–Crippen LogP) is 2.83. The van der Waals surface area contributed by atoms with Gasteiger partial charge in [0.2, 0.25) is 0 Å². The highest BCUT2D eigenvalue weighted by atomic mass is 32.1. The molecule has 1 aliphatic rings. The topological polar surface area (TPSA) is 20.7 Å². The molecule has 1 N–H and O–H groups in total. The van der Waals surface area contributed by atoms with Gasteiger partial charge in [0.05, 0.1) is 6.04 Å². The molecule has 0 saturated heterocycles. The lowest BCUT2D eigenvalue weighted by atomic mass is 10.2. The molecule has 2 nitrogen and oxygen atoms in total. The lowest BCUT2D eigenvalue weighted by Crippen LogP contribution is -2.08. The normalized spacial score (nSPS) is 19.5. The Balaban J connectivity index is 2.31. The maximum absolute atomic E-state index is 5.23. The molecule has 1 aromatic rings. The van der Waals surface area contributed by atoms with Crippen molar-refractivity contribution in [1.82, 2.24) is 9.78 Å². The first-order chi connectivity index (χ1) is 5.68. The van der Waals surface area contributed by atoms with Gasteiger partial charge in [0, 0.05) is 5.69 Å². The van der Waals surface area contributed by atoms with Gasteiger partial charge < -0.3 is 5.10 Å². The van der Waals surface area contributed by atoms with Crippen LogP contribution in [-0.4, -0.2) is 9.78 Å². The molecule has 1 aliphatic carbocycles. The fraction of sp³-hybridized carbons (Fsp3) is 0.667. The number of aryl methyl sites for hydroxylation is 1. The zero-order valence-electron chi connectivity index (χ0n) is 7.50. The van der Waals surface area contributed by atoms with Crippen molar-refractivity contribution in [3.8, 4) is 0 Å². The average Bonchev–Trinajstić information content (AvgIpc) is 2.77. The molecule has 66 valence electrons. The molecule has 0 aromatic carbocycles. The number of aromatic amines is 1. The third kappa shape index (κ3) is 1.33. The lowest BCUT2D eigenvalue weighted by molar-refractivity contribution is 0.434. The summed E-state index contributed by atoms with van der Waals surface area (Å²) in [5.41, 5.74) is 1.16. The second-order valence-corrected chi connectivity index (χ2v) is 4.14. The third-order valence-corrected chi connectivity index (χ3v) is 2.90. The van der Waals surface area contributed by atoms with Crippen molar-refractivity contribution in [2.24, 2.45) is 5.92 Å². The van der Waals surface area contributed by atoms with Crippen molar-refractivity contribution in [2.75, 3.05) is 0 Å². The summed E-state index contributed by atoms with van der Waals surface area (Å²) in [6, 6.07) is 2.58. The van der Waals surface area contributed by atoms with Gasteiger partial charge in [-0.1, -0.05) is 12.2 Å². The summed E-state index contributed by atoms with van der Waals surface area (Å²) < 4.78 is 3.05. The van der Waals surface area contributed by atoms with E-state index in [0.29, 0.717) is 6.04 Å². The molecule has 1 saturated carbocycles. The Hall–Kier alpha value is -0.570. The first kappa shape index (κ1) is 8.05. The van der Waals surface area contributed by atoms with Crippen LogP contribution in [0.3, 0.4) is 0 Å². The zero-order chi connectivity index (χ0) is 8.72. The van der Waals surface area contributed by atoms with E-state index in [-0.39, 0.29) is 0 Å². The van der Waals surface area contributed by atoms with Crippen molar-refractivity contribution in [3.63, 3.8) is 0 Å². The van der Waals surface area contributed by atoms with E-state index < -0.39 is 0 Å². The molecule has 0 spiro atoms. The van der Waals surface area contributed by atoms with Crippen LogP contribution in [0.1, 0.15) is 31.5 Å². The number of nitrogens with one attached hydrogen (secondary N) is 1. The van der Waals surface area contributed by atoms with Crippen molar-refractivity contribution < 1.29 is 0 Å². The molecule has 0 bridgehead atoms. The van der Waals surface area contributed by atoms with Crippen LogP contribution >= 0.6 is 12.2 Å². The molecule has 3 heteroatoms. The van der Waals surface area contributed by atoms with Crippen LogP contribution in [0, 0.1) is 17.5 Å². The molecule has 1 aromatic heterocycles. The van der Waals surface area contributed by atoms with Crippen LogP contribution < -0.4 is 0 Å². The number of rotatable bonds is 2. The second kappa shape index (κ2) is 2.73. The Labute approximate surface area is 77.6 Å². The van der Waals surface area contributed by atoms with Crippen molar-refractivity contribution in [2.45, 2.75) is 32.7 Å². The van der Waals surface area contributed by atoms with Gasteiger partial charge in [0.1, 0.15) is 4.64 Å². The van der Waals surface area contributed by atoms with E-state index in [1.807, 2.05) is 13.0 Å². The highest BCUT2D eigenvalue weighted by Crippen LogP contribution is 2.39. The Morgan fingerprint density at radius 3 is 2.75 bits per heavy atom. The second-order valence-electron chi connectivity index (χ2n) is 3.73. The smallest absolute Gasteiger partial charge is 0.122 e. The lowest BCUT2D eigenvalue weighted by Gasteiger charge is -2.11. The minimum Gasteiger partial charge on any atom is -0.302 e. The molecule has 1 unspecified atom stereocenters. The molecule has 0 aliphatic heterocycles. The van der Waals surface area contributed by atoms with E-state index >= 15 is 0 Å². The van der Waals surface area contributed by atoms with Crippen LogP contribution in [0.2, 0.25) is 0 Å². The maximum Gasteiger partial charge on any atom is 0.122 e. The fourth-order valence-corrected chi connectivity index (χ4v) is 2.01. The number of nitrogens with zero attached hydrogens (tertiary/aromatic N) is 1. The third-order valence-electron chi connectivity index (χ3n) is 2.59. The van der Waals surface area contributed by atoms with Gasteiger partial charge in [-0.2, -0.15) is 0 Å². The summed E-state index contributed by atoms with van der Waals surface area (Å²) >= 11 is 5.23. The van der Waals surface area contributed by atoms with Gasteiger partial charge in [-0.3, -0.25) is 4.68 Å². The van der Waals surface area contributed by atoms with Crippen molar-refractivity contribution in [1.29, 1.82) is 0 Å². The summed E-state index contributed by atoms with van der Waals surface area (Å²) in [4.78, 5) is 0. The van der Waals surface area contributed by atoms with Gasteiger partial charge >= 0.3 is 0 Å². The minimum atomic E-state index is 0.561. The van der Waals surface area contributed by atoms with Gasteiger partial charge in [-0.05, 0) is 38.7 Å². The van der Waals surface area contributed by atoms with E-state index in [2.05, 4.69) is 16.7 Å². The number of hydrogen-bond acceptors (Lipinski definition) is 1. The summed E-state index contributed by atoms with van der Waals surface area (Å²) in [6.45, 7) is 4.29. The molecule has 0 amide bonds. The molecule has 0 radical (unpaired) electrons. The number of aromatic nitrogens is 2. The largest absolute Gasteiger partial charge is 0.302 e.